The molecule has 5 heteroatoms. The molecular formula is C14H15BrN2O2. The van der Waals surface area contributed by atoms with Gasteiger partial charge in [0.2, 0.25) is 0 Å². The largest absolute Gasteiger partial charge is 0.452 e. The summed E-state index contributed by atoms with van der Waals surface area (Å²) < 4.78 is 6.04. The molecule has 0 bridgehead atoms. The van der Waals surface area contributed by atoms with E-state index in [-0.39, 0.29) is 6.03 Å². The Hall–Kier alpha value is -1.75. The van der Waals surface area contributed by atoms with E-state index >= 15 is 0 Å². The van der Waals surface area contributed by atoms with Gasteiger partial charge in [0, 0.05) is 12.7 Å². The van der Waals surface area contributed by atoms with Crippen LogP contribution in [0.3, 0.4) is 0 Å². The zero-order chi connectivity index (χ0) is 13.8. The van der Waals surface area contributed by atoms with Gasteiger partial charge < -0.3 is 14.6 Å². The van der Waals surface area contributed by atoms with E-state index in [0.717, 1.165) is 17.0 Å². The Morgan fingerprint density at radius 1 is 1.32 bits per heavy atom. The molecule has 100 valence electrons. The molecule has 2 amide bonds. The van der Waals surface area contributed by atoms with E-state index in [9.17, 15) is 4.79 Å². The average Bonchev–Trinajstić information content (AvgIpc) is 2.77. The van der Waals surface area contributed by atoms with Crippen LogP contribution in [0.25, 0.3) is 0 Å². The molecule has 1 aromatic carbocycles. The normalized spacial score (nSPS) is 10.3. The van der Waals surface area contributed by atoms with Gasteiger partial charge in [0.25, 0.3) is 0 Å². The van der Waals surface area contributed by atoms with Crippen molar-refractivity contribution >= 4 is 27.6 Å². The van der Waals surface area contributed by atoms with E-state index in [1.807, 2.05) is 43.3 Å². The minimum Gasteiger partial charge on any atom is -0.452 e. The first-order valence-electron chi connectivity index (χ1n) is 5.88. The monoisotopic (exact) mass is 322 g/mol. The van der Waals surface area contributed by atoms with Crippen LogP contribution in [0.2, 0.25) is 0 Å². The zero-order valence-corrected chi connectivity index (χ0v) is 12.4. The maximum Gasteiger partial charge on any atom is 0.321 e. The first-order valence-corrected chi connectivity index (χ1v) is 6.67. The number of amides is 2. The van der Waals surface area contributed by atoms with Gasteiger partial charge >= 0.3 is 6.03 Å². The number of aryl methyl sites for hydroxylation is 1. The molecule has 1 N–H and O–H groups in total. The van der Waals surface area contributed by atoms with Crippen LogP contribution in [0.4, 0.5) is 10.5 Å². The smallest absolute Gasteiger partial charge is 0.321 e. The van der Waals surface area contributed by atoms with Crippen molar-refractivity contribution in [3.63, 3.8) is 0 Å². The Bertz CT molecular complexity index is 580. The number of urea groups is 1. The van der Waals surface area contributed by atoms with Gasteiger partial charge in [-0.1, -0.05) is 18.2 Å². The molecule has 0 spiro atoms. The second-order valence-electron chi connectivity index (χ2n) is 4.31. The molecule has 0 radical (unpaired) electrons. The van der Waals surface area contributed by atoms with Crippen LogP contribution in [0.5, 0.6) is 0 Å². The van der Waals surface area contributed by atoms with E-state index in [1.54, 1.807) is 11.9 Å². The van der Waals surface area contributed by atoms with Gasteiger partial charge in [0.15, 0.2) is 4.67 Å². The van der Waals surface area contributed by atoms with Crippen LogP contribution in [0, 0.1) is 6.92 Å². The molecule has 1 heterocycles. The van der Waals surface area contributed by atoms with Gasteiger partial charge in [0.1, 0.15) is 5.76 Å². The fourth-order valence-electron chi connectivity index (χ4n) is 1.67. The number of halogens is 1. The fourth-order valence-corrected chi connectivity index (χ4v) is 2.01. The molecule has 0 fully saturated rings. The second-order valence-corrected chi connectivity index (χ2v) is 5.09. The SMILES string of the molecule is Cc1ccccc1NC(=O)N(C)Cc1ccc(Br)o1. The molecule has 0 aliphatic rings. The van der Waals surface area contributed by atoms with Crippen molar-refractivity contribution in [2.75, 3.05) is 12.4 Å². The van der Waals surface area contributed by atoms with Crippen molar-refractivity contribution in [1.29, 1.82) is 0 Å². The van der Waals surface area contributed by atoms with Gasteiger partial charge in [-0.2, -0.15) is 0 Å². The van der Waals surface area contributed by atoms with Crippen molar-refractivity contribution < 1.29 is 9.21 Å². The summed E-state index contributed by atoms with van der Waals surface area (Å²) in [7, 11) is 1.73. The van der Waals surface area contributed by atoms with E-state index in [0.29, 0.717) is 11.2 Å². The predicted molar refractivity (Wildman–Crippen MR) is 78.1 cm³/mol. The van der Waals surface area contributed by atoms with E-state index in [2.05, 4.69) is 21.2 Å². The summed E-state index contributed by atoms with van der Waals surface area (Å²) in [5, 5.41) is 2.87. The lowest BCUT2D eigenvalue weighted by atomic mass is 10.2. The Morgan fingerprint density at radius 3 is 2.68 bits per heavy atom. The lowest BCUT2D eigenvalue weighted by Crippen LogP contribution is -2.30. The van der Waals surface area contributed by atoms with Crippen molar-refractivity contribution in [3.8, 4) is 0 Å². The molecule has 1 aromatic heterocycles. The van der Waals surface area contributed by atoms with Gasteiger partial charge in [0.05, 0.1) is 6.54 Å². The maximum absolute atomic E-state index is 12.0. The Balaban J connectivity index is 1.98. The van der Waals surface area contributed by atoms with Crippen molar-refractivity contribution in [1.82, 2.24) is 4.90 Å². The van der Waals surface area contributed by atoms with E-state index < -0.39 is 0 Å². The first kappa shape index (κ1) is 13.7. The minimum absolute atomic E-state index is 0.165. The van der Waals surface area contributed by atoms with E-state index in [4.69, 9.17) is 4.42 Å². The van der Waals surface area contributed by atoms with Crippen LogP contribution in [0.1, 0.15) is 11.3 Å². The molecule has 2 rings (SSSR count). The third kappa shape index (κ3) is 3.61. The van der Waals surface area contributed by atoms with Gasteiger partial charge in [-0.3, -0.25) is 0 Å². The third-order valence-corrected chi connectivity index (χ3v) is 3.18. The van der Waals surface area contributed by atoms with Crippen molar-refractivity contribution in [3.05, 3.63) is 52.4 Å². The molecule has 0 aliphatic heterocycles. The van der Waals surface area contributed by atoms with Gasteiger partial charge in [-0.15, -0.1) is 0 Å². The molecule has 19 heavy (non-hydrogen) atoms. The average molecular weight is 323 g/mol. The molecule has 0 aliphatic carbocycles. The van der Waals surface area contributed by atoms with Crippen LogP contribution in [0.15, 0.2) is 45.5 Å². The highest BCUT2D eigenvalue weighted by atomic mass is 79.9. The zero-order valence-electron chi connectivity index (χ0n) is 10.8. The number of nitrogens with zero attached hydrogens (tertiary/aromatic N) is 1. The Morgan fingerprint density at radius 2 is 2.05 bits per heavy atom. The first-order chi connectivity index (χ1) is 9.06. The molecule has 2 aromatic rings. The number of hydrogen-bond acceptors (Lipinski definition) is 2. The van der Waals surface area contributed by atoms with Crippen LogP contribution in [-0.4, -0.2) is 18.0 Å². The molecule has 0 atom stereocenters. The Kier molecular flexibility index (Phi) is 4.27. The second kappa shape index (κ2) is 5.93. The van der Waals surface area contributed by atoms with Crippen LogP contribution >= 0.6 is 15.9 Å². The number of anilines is 1. The lowest BCUT2D eigenvalue weighted by Gasteiger charge is -2.17. The minimum atomic E-state index is -0.165. The fraction of sp³-hybridized carbons (Fsp3) is 0.214. The highest BCUT2D eigenvalue weighted by Gasteiger charge is 2.12. The molecule has 0 unspecified atom stereocenters. The number of carbonyl (C=O) groups excluding carboxylic acids is 1. The van der Waals surface area contributed by atoms with E-state index in [1.165, 1.54) is 0 Å². The lowest BCUT2D eigenvalue weighted by molar-refractivity contribution is 0.216. The number of rotatable bonds is 3. The quantitative estimate of drug-likeness (QED) is 0.927. The van der Waals surface area contributed by atoms with Crippen molar-refractivity contribution in [2.24, 2.45) is 0 Å². The summed E-state index contributed by atoms with van der Waals surface area (Å²) in [6, 6.07) is 11.1. The number of furan rings is 1. The van der Waals surface area contributed by atoms with Gasteiger partial charge in [-0.25, -0.2) is 4.79 Å². The summed E-state index contributed by atoms with van der Waals surface area (Å²) in [6.45, 7) is 2.38. The Labute approximate surface area is 120 Å². The van der Waals surface area contributed by atoms with Crippen LogP contribution < -0.4 is 5.32 Å². The maximum atomic E-state index is 12.0. The predicted octanol–water partition coefficient (Wildman–Crippen LogP) is 4.01. The molecule has 4 nitrogen and oxygen atoms in total. The van der Waals surface area contributed by atoms with Crippen molar-refractivity contribution in [2.45, 2.75) is 13.5 Å². The van der Waals surface area contributed by atoms with Gasteiger partial charge in [-0.05, 0) is 46.6 Å². The summed E-state index contributed by atoms with van der Waals surface area (Å²) in [6.07, 6.45) is 0. The number of benzene rings is 1. The highest BCUT2D eigenvalue weighted by molar-refractivity contribution is 9.10. The molecular weight excluding hydrogens is 308 g/mol. The number of carbonyl (C=O) groups is 1. The number of para-hydroxylation sites is 1. The number of nitrogens with one attached hydrogen (secondary N) is 1. The molecule has 0 saturated heterocycles. The summed E-state index contributed by atoms with van der Waals surface area (Å²) in [5.41, 5.74) is 1.85. The number of hydrogen-bond donors (Lipinski definition) is 1. The summed E-state index contributed by atoms with van der Waals surface area (Å²) >= 11 is 3.24. The highest BCUT2D eigenvalue weighted by Crippen LogP contribution is 2.17. The summed E-state index contributed by atoms with van der Waals surface area (Å²) in [5.74, 6) is 0.731. The topological polar surface area (TPSA) is 45.5 Å². The summed E-state index contributed by atoms with van der Waals surface area (Å²) in [4.78, 5) is 13.6. The molecule has 0 saturated carbocycles. The standard InChI is InChI=1S/C14H15BrN2O2/c1-10-5-3-4-6-12(10)16-14(18)17(2)9-11-7-8-13(15)19-11/h3-8H,9H2,1-2H3,(H,16,18). The third-order valence-electron chi connectivity index (χ3n) is 2.76. The van der Waals surface area contributed by atoms with Crippen LogP contribution in [-0.2, 0) is 6.54 Å².